The maximum Gasteiger partial charge on any atom is 0.263 e. The van der Waals surface area contributed by atoms with Crippen molar-refractivity contribution < 1.29 is 19.1 Å². The van der Waals surface area contributed by atoms with Crippen LogP contribution in [-0.4, -0.2) is 25.4 Å². The van der Waals surface area contributed by atoms with E-state index in [0.717, 1.165) is 0 Å². The fourth-order valence-corrected chi connectivity index (χ4v) is 2.08. The summed E-state index contributed by atoms with van der Waals surface area (Å²) in [6, 6.07) is 11.3. The fourth-order valence-electron chi connectivity index (χ4n) is 1.95. The number of rotatable bonds is 5. The Bertz CT molecular complexity index is 676. The van der Waals surface area contributed by atoms with E-state index in [-0.39, 0.29) is 5.91 Å². The van der Waals surface area contributed by atoms with Crippen LogP contribution in [-0.2, 0) is 0 Å². The molecule has 0 fully saturated rings. The van der Waals surface area contributed by atoms with Crippen molar-refractivity contribution in [3.05, 3.63) is 53.6 Å². The van der Waals surface area contributed by atoms with E-state index >= 15 is 0 Å². The van der Waals surface area contributed by atoms with Gasteiger partial charge in [0.2, 0.25) is 0 Å². The summed E-state index contributed by atoms with van der Waals surface area (Å²) in [5.74, 6) is 0.438. The summed E-state index contributed by atoms with van der Waals surface area (Å²) in [7, 11) is 2.96. The van der Waals surface area contributed by atoms with Crippen LogP contribution in [0, 0.1) is 0 Å². The molecule has 1 N–H and O–H groups in total. The number of hydrogen-bond donors (Lipinski definition) is 1. The minimum Gasteiger partial charge on any atom is -0.496 e. The van der Waals surface area contributed by atoms with Gasteiger partial charge in [-0.1, -0.05) is 6.07 Å². The highest BCUT2D eigenvalue weighted by Gasteiger charge is 2.18. The van der Waals surface area contributed by atoms with Crippen molar-refractivity contribution in [2.45, 2.75) is 0 Å². The Morgan fingerprint density at radius 1 is 0.955 bits per heavy atom. The Morgan fingerprint density at radius 3 is 1.95 bits per heavy atom. The number of benzene rings is 2. The normalized spacial score (nSPS) is 9.95. The summed E-state index contributed by atoms with van der Waals surface area (Å²) < 4.78 is 10.4. The summed E-state index contributed by atoms with van der Waals surface area (Å²) in [5, 5.41) is 2.17. The van der Waals surface area contributed by atoms with Gasteiger partial charge in [0.05, 0.1) is 14.2 Å². The summed E-state index contributed by atoms with van der Waals surface area (Å²) in [4.78, 5) is 23.4. The van der Waals surface area contributed by atoms with Crippen LogP contribution in [0.25, 0.3) is 0 Å². The lowest BCUT2D eigenvalue weighted by Crippen LogP contribution is -2.14. The predicted octanol–water partition coefficient (Wildman–Crippen LogP) is 3.34. The molecule has 0 atom stereocenters. The van der Waals surface area contributed by atoms with Crippen molar-refractivity contribution in [1.82, 2.24) is 0 Å². The number of anilines is 1. The van der Waals surface area contributed by atoms with Crippen molar-refractivity contribution in [1.29, 1.82) is 0 Å². The second-order valence-electron chi connectivity index (χ2n) is 4.34. The third kappa shape index (κ3) is 3.38. The van der Waals surface area contributed by atoms with Crippen LogP contribution in [0.4, 0.5) is 5.69 Å². The quantitative estimate of drug-likeness (QED) is 0.858. The van der Waals surface area contributed by atoms with Gasteiger partial charge in [-0.2, -0.15) is 0 Å². The lowest BCUT2D eigenvalue weighted by atomic mass is 10.1. The van der Waals surface area contributed by atoms with Crippen LogP contribution in [0.2, 0.25) is 0 Å². The van der Waals surface area contributed by atoms with Crippen molar-refractivity contribution >= 4 is 28.4 Å². The first kappa shape index (κ1) is 15.9. The van der Waals surface area contributed by atoms with Gasteiger partial charge in [-0.25, -0.2) is 0 Å². The Morgan fingerprint density at radius 2 is 1.50 bits per heavy atom. The molecule has 0 aliphatic heterocycles. The number of halogens is 1. The third-order valence-electron chi connectivity index (χ3n) is 3.02. The van der Waals surface area contributed by atoms with Crippen molar-refractivity contribution in [2.24, 2.45) is 0 Å². The van der Waals surface area contributed by atoms with Crippen molar-refractivity contribution in [3.8, 4) is 11.5 Å². The van der Waals surface area contributed by atoms with Gasteiger partial charge in [0.1, 0.15) is 17.1 Å². The van der Waals surface area contributed by atoms with E-state index in [9.17, 15) is 9.59 Å². The molecule has 5 nitrogen and oxygen atoms in total. The molecule has 0 unspecified atom stereocenters. The first-order valence-electron chi connectivity index (χ1n) is 6.39. The SMILES string of the molecule is COc1cccc(OC)c1C(=O)Nc1ccc(C(=O)Cl)cc1. The van der Waals surface area contributed by atoms with E-state index in [4.69, 9.17) is 21.1 Å². The molecule has 0 saturated heterocycles. The number of nitrogens with one attached hydrogen (secondary N) is 1. The van der Waals surface area contributed by atoms with Crippen LogP contribution in [0.15, 0.2) is 42.5 Å². The number of carbonyl (C=O) groups is 2. The summed E-state index contributed by atoms with van der Waals surface area (Å²) >= 11 is 5.38. The third-order valence-corrected chi connectivity index (χ3v) is 3.24. The molecule has 0 aliphatic rings. The van der Waals surface area contributed by atoms with Gasteiger partial charge in [0, 0.05) is 11.3 Å². The van der Waals surface area contributed by atoms with Crippen LogP contribution in [0.5, 0.6) is 11.5 Å². The minimum absolute atomic E-state index is 0.296. The van der Waals surface area contributed by atoms with E-state index in [1.54, 1.807) is 30.3 Å². The lowest BCUT2D eigenvalue weighted by molar-refractivity contribution is 0.102. The number of amides is 1. The Kier molecular flexibility index (Phi) is 5.01. The average Bonchev–Trinajstić information content (AvgIpc) is 2.54. The van der Waals surface area contributed by atoms with Crippen LogP contribution in [0.1, 0.15) is 20.7 Å². The Labute approximate surface area is 132 Å². The van der Waals surface area contributed by atoms with Gasteiger partial charge in [0.15, 0.2) is 0 Å². The summed E-state index contributed by atoms with van der Waals surface area (Å²) in [6.45, 7) is 0. The molecular formula is C16H14ClNO4. The molecular weight excluding hydrogens is 306 g/mol. The van der Waals surface area contributed by atoms with E-state index < -0.39 is 5.24 Å². The second-order valence-corrected chi connectivity index (χ2v) is 4.69. The number of carbonyl (C=O) groups excluding carboxylic acids is 2. The van der Waals surface area contributed by atoms with Crippen molar-refractivity contribution in [3.63, 3.8) is 0 Å². The fraction of sp³-hybridized carbons (Fsp3) is 0.125. The first-order chi connectivity index (χ1) is 10.6. The zero-order valence-corrected chi connectivity index (χ0v) is 12.8. The van der Waals surface area contributed by atoms with Crippen LogP contribution in [0.3, 0.4) is 0 Å². The molecule has 2 aromatic rings. The molecule has 2 aromatic carbocycles. The highest BCUT2D eigenvalue weighted by atomic mass is 35.5. The zero-order chi connectivity index (χ0) is 16.1. The van der Waals surface area contributed by atoms with Gasteiger partial charge in [-0.3, -0.25) is 9.59 Å². The van der Waals surface area contributed by atoms with Crippen LogP contribution < -0.4 is 14.8 Å². The molecule has 22 heavy (non-hydrogen) atoms. The molecule has 0 aromatic heterocycles. The molecule has 0 aliphatic carbocycles. The van der Waals surface area contributed by atoms with Crippen molar-refractivity contribution in [2.75, 3.05) is 19.5 Å². The molecule has 6 heteroatoms. The number of methoxy groups -OCH3 is 2. The number of hydrogen-bond acceptors (Lipinski definition) is 4. The predicted molar refractivity (Wildman–Crippen MR) is 84.1 cm³/mol. The van der Waals surface area contributed by atoms with Gasteiger partial charge in [-0.05, 0) is 48.0 Å². The molecule has 0 radical (unpaired) electrons. The second kappa shape index (κ2) is 6.95. The van der Waals surface area contributed by atoms with E-state index in [0.29, 0.717) is 28.3 Å². The number of ether oxygens (including phenoxy) is 2. The Balaban J connectivity index is 2.27. The van der Waals surface area contributed by atoms with E-state index in [1.807, 2.05) is 0 Å². The standard InChI is InChI=1S/C16H14ClNO4/c1-21-12-4-3-5-13(22-2)14(12)16(20)18-11-8-6-10(7-9-11)15(17)19/h3-9H,1-2H3,(H,18,20). The maximum absolute atomic E-state index is 12.4. The largest absolute Gasteiger partial charge is 0.496 e. The molecule has 0 bridgehead atoms. The average molecular weight is 320 g/mol. The topological polar surface area (TPSA) is 64.6 Å². The maximum atomic E-state index is 12.4. The summed E-state index contributed by atoms with van der Waals surface area (Å²) in [5.41, 5.74) is 1.18. The van der Waals surface area contributed by atoms with E-state index in [1.165, 1.54) is 26.4 Å². The van der Waals surface area contributed by atoms with Gasteiger partial charge in [0.25, 0.3) is 11.1 Å². The van der Waals surface area contributed by atoms with Gasteiger partial charge >= 0.3 is 0 Å². The zero-order valence-electron chi connectivity index (χ0n) is 12.1. The van der Waals surface area contributed by atoms with Gasteiger partial charge in [-0.15, -0.1) is 0 Å². The monoisotopic (exact) mass is 319 g/mol. The van der Waals surface area contributed by atoms with Gasteiger partial charge < -0.3 is 14.8 Å². The van der Waals surface area contributed by atoms with Crippen LogP contribution >= 0.6 is 11.6 Å². The molecule has 0 spiro atoms. The molecule has 2 rings (SSSR count). The van der Waals surface area contributed by atoms with E-state index in [2.05, 4.69) is 5.32 Å². The summed E-state index contributed by atoms with van der Waals surface area (Å²) in [6.07, 6.45) is 0. The molecule has 0 heterocycles. The molecule has 0 saturated carbocycles. The lowest BCUT2D eigenvalue weighted by Gasteiger charge is -2.13. The smallest absolute Gasteiger partial charge is 0.263 e. The highest BCUT2D eigenvalue weighted by molar-refractivity contribution is 6.67. The first-order valence-corrected chi connectivity index (χ1v) is 6.77. The molecule has 114 valence electrons. The minimum atomic E-state index is -0.552. The Hall–Kier alpha value is -2.53. The molecule has 1 amide bonds. The highest BCUT2D eigenvalue weighted by Crippen LogP contribution is 2.29.